The summed E-state index contributed by atoms with van der Waals surface area (Å²) in [4.78, 5) is 21.0. The number of carboxylic acids is 1. The average molecular weight is 223 g/mol. The standard InChI is InChI=1S/C11H17N3O2/c1-7-12-6-8(10(15)16)9(13-7)14(5)11(2,3)4/h6H,1-5H3,(H,15,16). The van der Waals surface area contributed by atoms with Gasteiger partial charge in [-0.2, -0.15) is 0 Å². The molecule has 5 heteroatoms. The van der Waals surface area contributed by atoms with Crippen LogP contribution in [0, 0.1) is 6.92 Å². The molecule has 1 aromatic rings. The second-order valence-corrected chi connectivity index (χ2v) is 4.69. The number of aryl methyl sites for hydroxylation is 1. The van der Waals surface area contributed by atoms with Gasteiger partial charge in [0.25, 0.3) is 0 Å². The van der Waals surface area contributed by atoms with E-state index >= 15 is 0 Å². The van der Waals surface area contributed by atoms with Gasteiger partial charge in [0, 0.05) is 18.8 Å². The van der Waals surface area contributed by atoms with Crippen LogP contribution >= 0.6 is 0 Å². The van der Waals surface area contributed by atoms with Gasteiger partial charge in [0.15, 0.2) is 0 Å². The number of carbonyl (C=O) groups is 1. The Morgan fingerprint density at radius 2 is 2.00 bits per heavy atom. The molecule has 5 nitrogen and oxygen atoms in total. The Morgan fingerprint density at radius 1 is 1.44 bits per heavy atom. The van der Waals surface area contributed by atoms with Gasteiger partial charge < -0.3 is 10.0 Å². The molecule has 1 aromatic heterocycles. The first-order valence-corrected chi connectivity index (χ1v) is 5.04. The SMILES string of the molecule is Cc1ncc(C(=O)O)c(N(C)C(C)(C)C)n1. The summed E-state index contributed by atoms with van der Waals surface area (Å²) in [5.41, 5.74) is -0.0617. The lowest BCUT2D eigenvalue weighted by Gasteiger charge is -2.33. The zero-order valence-corrected chi connectivity index (χ0v) is 10.3. The van der Waals surface area contributed by atoms with E-state index in [2.05, 4.69) is 9.97 Å². The molecular formula is C11H17N3O2. The van der Waals surface area contributed by atoms with E-state index in [1.54, 1.807) is 6.92 Å². The highest BCUT2D eigenvalue weighted by Gasteiger charge is 2.24. The second-order valence-electron chi connectivity index (χ2n) is 4.69. The van der Waals surface area contributed by atoms with Crippen molar-refractivity contribution in [2.75, 3.05) is 11.9 Å². The Labute approximate surface area is 95.1 Å². The molecule has 88 valence electrons. The third-order valence-corrected chi connectivity index (χ3v) is 2.44. The first kappa shape index (κ1) is 12.4. The molecule has 0 saturated carbocycles. The summed E-state index contributed by atoms with van der Waals surface area (Å²) in [5.74, 6) is 0.00898. The minimum absolute atomic E-state index is 0.128. The Morgan fingerprint density at radius 3 is 2.44 bits per heavy atom. The second kappa shape index (κ2) is 4.08. The van der Waals surface area contributed by atoms with Crippen LogP contribution in [0.4, 0.5) is 5.82 Å². The molecule has 0 aliphatic heterocycles. The number of anilines is 1. The van der Waals surface area contributed by atoms with Crippen molar-refractivity contribution in [2.24, 2.45) is 0 Å². The zero-order valence-electron chi connectivity index (χ0n) is 10.3. The quantitative estimate of drug-likeness (QED) is 0.826. The van der Waals surface area contributed by atoms with Gasteiger partial charge in [0.2, 0.25) is 0 Å². The zero-order chi connectivity index (χ0) is 12.5. The van der Waals surface area contributed by atoms with Crippen LogP contribution in [0.5, 0.6) is 0 Å². The van der Waals surface area contributed by atoms with Crippen molar-refractivity contribution in [2.45, 2.75) is 33.2 Å². The number of rotatable bonds is 2. The van der Waals surface area contributed by atoms with Gasteiger partial charge in [-0.05, 0) is 27.7 Å². The maximum absolute atomic E-state index is 11.1. The molecule has 0 radical (unpaired) electrons. The van der Waals surface area contributed by atoms with E-state index in [0.717, 1.165) is 0 Å². The van der Waals surface area contributed by atoms with E-state index in [1.807, 2.05) is 32.7 Å². The summed E-state index contributed by atoms with van der Waals surface area (Å²) in [6, 6.07) is 0. The van der Waals surface area contributed by atoms with Crippen LogP contribution in [0.25, 0.3) is 0 Å². The van der Waals surface area contributed by atoms with Crippen LogP contribution < -0.4 is 4.90 Å². The van der Waals surface area contributed by atoms with E-state index in [0.29, 0.717) is 11.6 Å². The molecule has 1 N–H and O–H groups in total. The highest BCUT2D eigenvalue weighted by molar-refractivity contribution is 5.93. The maximum atomic E-state index is 11.1. The van der Waals surface area contributed by atoms with Crippen molar-refractivity contribution in [3.8, 4) is 0 Å². The number of nitrogens with zero attached hydrogens (tertiary/aromatic N) is 3. The van der Waals surface area contributed by atoms with Crippen molar-refractivity contribution in [3.05, 3.63) is 17.6 Å². The summed E-state index contributed by atoms with van der Waals surface area (Å²) in [6.45, 7) is 7.73. The van der Waals surface area contributed by atoms with Crippen molar-refractivity contribution < 1.29 is 9.90 Å². The van der Waals surface area contributed by atoms with Gasteiger partial charge in [-0.25, -0.2) is 14.8 Å². The molecule has 0 amide bonds. The topological polar surface area (TPSA) is 66.3 Å². The largest absolute Gasteiger partial charge is 0.477 e. The van der Waals surface area contributed by atoms with Crippen molar-refractivity contribution in [1.29, 1.82) is 0 Å². The van der Waals surface area contributed by atoms with E-state index in [-0.39, 0.29) is 11.1 Å². The van der Waals surface area contributed by atoms with Crippen LogP contribution in [0.3, 0.4) is 0 Å². The molecule has 0 unspecified atom stereocenters. The summed E-state index contributed by atoms with van der Waals surface area (Å²) in [5, 5.41) is 9.06. The highest BCUT2D eigenvalue weighted by Crippen LogP contribution is 2.23. The van der Waals surface area contributed by atoms with Crippen LogP contribution in [0.2, 0.25) is 0 Å². The molecule has 0 aromatic carbocycles. The summed E-state index contributed by atoms with van der Waals surface area (Å²) < 4.78 is 0. The van der Waals surface area contributed by atoms with Crippen molar-refractivity contribution in [3.63, 3.8) is 0 Å². The van der Waals surface area contributed by atoms with Gasteiger partial charge in [-0.1, -0.05) is 0 Å². The van der Waals surface area contributed by atoms with Crippen LogP contribution in [-0.4, -0.2) is 33.6 Å². The summed E-state index contributed by atoms with van der Waals surface area (Å²) in [7, 11) is 1.83. The maximum Gasteiger partial charge on any atom is 0.341 e. The van der Waals surface area contributed by atoms with Gasteiger partial charge >= 0.3 is 5.97 Å². The molecule has 0 saturated heterocycles. The molecule has 0 fully saturated rings. The van der Waals surface area contributed by atoms with Crippen molar-refractivity contribution in [1.82, 2.24) is 9.97 Å². The lowest BCUT2D eigenvalue weighted by Crippen LogP contribution is -2.39. The Kier molecular flexibility index (Phi) is 3.16. The lowest BCUT2D eigenvalue weighted by molar-refractivity contribution is 0.0696. The van der Waals surface area contributed by atoms with Gasteiger partial charge in [0.1, 0.15) is 17.2 Å². The van der Waals surface area contributed by atoms with Crippen LogP contribution in [-0.2, 0) is 0 Å². The number of hydrogen-bond donors (Lipinski definition) is 1. The fourth-order valence-corrected chi connectivity index (χ4v) is 1.18. The lowest BCUT2D eigenvalue weighted by atomic mass is 10.1. The van der Waals surface area contributed by atoms with Gasteiger partial charge in [-0.15, -0.1) is 0 Å². The monoisotopic (exact) mass is 223 g/mol. The van der Waals surface area contributed by atoms with Crippen LogP contribution in [0.1, 0.15) is 37.0 Å². The third-order valence-electron chi connectivity index (χ3n) is 2.44. The van der Waals surface area contributed by atoms with Gasteiger partial charge in [-0.3, -0.25) is 0 Å². The summed E-state index contributed by atoms with van der Waals surface area (Å²) in [6.07, 6.45) is 1.35. The van der Waals surface area contributed by atoms with Crippen molar-refractivity contribution >= 4 is 11.8 Å². The molecule has 0 bridgehead atoms. The predicted octanol–water partition coefficient (Wildman–Crippen LogP) is 1.72. The molecule has 0 aliphatic carbocycles. The molecular weight excluding hydrogens is 206 g/mol. The molecule has 0 aliphatic rings. The first-order valence-electron chi connectivity index (χ1n) is 5.04. The molecule has 1 heterocycles. The minimum atomic E-state index is -1.01. The number of aromatic carboxylic acids is 1. The Balaban J connectivity index is 3.30. The Hall–Kier alpha value is -1.65. The van der Waals surface area contributed by atoms with Gasteiger partial charge in [0.05, 0.1) is 0 Å². The number of hydrogen-bond acceptors (Lipinski definition) is 4. The molecule has 0 spiro atoms. The minimum Gasteiger partial charge on any atom is -0.477 e. The fourth-order valence-electron chi connectivity index (χ4n) is 1.18. The van der Waals surface area contributed by atoms with Crippen LogP contribution in [0.15, 0.2) is 6.20 Å². The number of aromatic nitrogens is 2. The highest BCUT2D eigenvalue weighted by atomic mass is 16.4. The normalized spacial score (nSPS) is 11.3. The predicted molar refractivity (Wildman–Crippen MR) is 61.9 cm³/mol. The summed E-state index contributed by atoms with van der Waals surface area (Å²) >= 11 is 0. The van der Waals surface area contributed by atoms with E-state index in [1.165, 1.54) is 6.20 Å². The smallest absolute Gasteiger partial charge is 0.341 e. The molecule has 16 heavy (non-hydrogen) atoms. The van der Waals surface area contributed by atoms with E-state index in [4.69, 9.17) is 5.11 Å². The van der Waals surface area contributed by atoms with E-state index < -0.39 is 5.97 Å². The fraction of sp³-hybridized carbons (Fsp3) is 0.545. The Bertz CT molecular complexity index is 410. The van der Waals surface area contributed by atoms with E-state index in [9.17, 15) is 4.79 Å². The third kappa shape index (κ3) is 2.48. The first-order chi connectivity index (χ1) is 7.23. The number of carboxylic acid groups (broad SMARTS) is 1. The molecule has 1 rings (SSSR count). The molecule has 0 atom stereocenters. The average Bonchev–Trinajstić information content (AvgIpc) is 2.14.